The summed E-state index contributed by atoms with van der Waals surface area (Å²) in [5.41, 5.74) is 18.7. The Bertz CT molecular complexity index is 3490. The van der Waals surface area contributed by atoms with Crippen LogP contribution in [-0.4, -0.2) is 15.0 Å². The van der Waals surface area contributed by atoms with E-state index in [9.17, 15) is 0 Å². The fourth-order valence-corrected chi connectivity index (χ4v) is 10.2. The van der Waals surface area contributed by atoms with Crippen LogP contribution < -0.4 is 0 Å². The van der Waals surface area contributed by atoms with Crippen molar-refractivity contribution in [3.05, 3.63) is 241 Å². The minimum atomic E-state index is -0.414. The summed E-state index contributed by atoms with van der Waals surface area (Å²) in [7, 11) is 0. The molecule has 4 heteroatoms. The monoisotopic (exact) mass is 805 g/mol. The van der Waals surface area contributed by atoms with Crippen molar-refractivity contribution in [1.82, 2.24) is 15.0 Å². The number of allylic oxidation sites excluding steroid dienone is 5. The van der Waals surface area contributed by atoms with Crippen LogP contribution in [0.3, 0.4) is 0 Å². The van der Waals surface area contributed by atoms with Crippen molar-refractivity contribution in [2.75, 3.05) is 0 Å². The van der Waals surface area contributed by atoms with E-state index in [1.807, 2.05) is 66.7 Å². The van der Waals surface area contributed by atoms with E-state index in [0.29, 0.717) is 17.5 Å². The van der Waals surface area contributed by atoms with Crippen LogP contribution in [0.25, 0.3) is 95.1 Å². The molecular formula is C59H39N3O. The number of para-hydroxylation sites is 1. The second-order valence-electron chi connectivity index (χ2n) is 16.2. The van der Waals surface area contributed by atoms with E-state index in [1.54, 1.807) is 0 Å². The predicted molar refractivity (Wildman–Crippen MR) is 258 cm³/mol. The molecule has 63 heavy (non-hydrogen) atoms. The molecule has 0 unspecified atom stereocenters. The molecule has 8 aromatic carbocycles. The number of rotatable bonds is 7. The van der Waals surface area contributed by atoms with Crippen molar-refractivity contribution in [2.45, 2.75) is 12.3 Å². The summed E-state index contributed by atoms with van der Waals surface area (Å²) in [6, 6.07) is 66.4. The van der Waals surface area contributed by atoms with Gasteiger partial charge in [0.15, 0.2) is 17.5 Å². The van der Waals surface area contributed by atoms with Gasteiger partial charge in [-0.15, -0.1) is 0 Å². The molecule has 2 aliphatic carbocycles. The minimum absolute atomic E-state index is 0.414. The van der Waals surface area contributed by atoms with Crippen LogP contribution in [0.5, 0.6) is 0 Å². The first kappa shape index (κ1) is 36.6. The van der Waals surface area contributed by atoms with Crippen molar-refractivity contribution in [3.63, 3.8) is 0 Å². The zero-order valence-corrected chi connectivity index (χ0v) is 34.6. The van der Waals surface area contributed by atoms with Crippen molar-refractivity contribution >= 4 is 27.5 Å². The van der Waals surface area contributed by atoms with Crippen molar-refractivity contribution in [2.24, 2.45) is 0 Å². The zero-order chi connectivity index (χ0) is 42.1. The third-order valence-electron chi connectivity index (χ3n) is 12.9. The number of nitrogens with zero attached hydrogens (tertiary/aromatic N) is 3. The maximum Gasteiger partial charge on any atom is 0.164 e. The van der Waals surface area contributed by atoms with Gasteiger partial charge in [-0.3, -0.25) is 0 Å². The fourth-order valence-electron chi connectivity index (χ4n) is 10.2. The Morgan fingerprint density at radius 3 is 1.70 bits per heavy atom. The van der Waals surface area contributed by atoms with Crippen LogP contribution in [0, 0.1) is 0 Å². The normalized spacial score (nSPS) is 13.5. The molecule has 2 aliphatic rings. The molecule has 0 radical (unpaired) electrons. The Balaban J connectivity index is 0.930. The molecule has 0 saturated carbocycles. The van der Waals surface area contributed by atoms with E-state index in [4.69, 9.17) is 19.4 Å². The summed E-state index contributed by atoms with van der Waals surface area (Å²) in [6.45, 7) is 6.48. The molecule has 0 saturated heterocycles. The first-order valence-electron chi connectivity index (χ1n) is 21.4. The van der Waals surface area contributed by atoms with Gasteiger partial charge in [0.1, 0.15) is 11.2 Å². The van der Waals surface area contributed by atoms with E-state index in [2.05, 4.69) is 153 Å². The van der Waals surface area contributed by atoms with Gasteiger partial charge in [0.05, 0.1) is 5.41 Å². The lowest BCUT2D eigenvalue weighted by Crippen LogP contribution is -2.26. The molecule has 296 valence electrons. The fraction of sp³-hybridized carbons (Fsp3) is 0.0339. The van der Waals surface area contributed by atoms with Gasteiger partial charge in [-0.05, 0) is 98.0 Å². The molecule has 0 atom stereocenters. The summed E-state index contributed by atoms with van der Waals surface area (Å²) < 4.78 is 6.24. The quantitative estimate of drug-likeness (QED) is 0.161. The third-order valence-corrected chi connectivity index (χ3v) is 12.9. The first-order valence-corrected chi connectivity index (χ1v) is 21.4. The Hall–Kier alpha value is -8.21. The van der Waals surface area contributed by atoms with Crippen LogP contribution in [0.15, 0.2) is 223 Å². The number of hydrogen-bond donors (Lipinski definition) is 0. The highest BCUT2D eigenvalue weighted by atomic mass is 16.3. The zero-order valence-electron chi connectivity index (χ0n) is 34.6. The lowest BCUT2D eigenvalue weighted by atomic mass is 9.69. The lowest BCUT2D eigenvalue weighted by Gasteiger charge is -2.31. The molecule has 10 aromatic rings. The van der Waals surface area contributed by atoms with Gasteiger partial charge < -0.3 is 4.42 Å². The summed E-state index contributed by atoms with van der Waals surface area (Å²) >= 11 is 0. The van der Waals surface area contributed by atoms with Crippen LogP contribution in [0.4, 0.5) is 0 Å². The summed E-state index contributed by atoms with van der Waals surface area (Å²) in [6.07, 6.45) is 6.50. The first-order chi connectivity index (χ1) is 31.1. The minimum Gasteiger partial charge on any atom is -0.456 e. The average Bonchev–Trinajstić information content (AvgIpc) is 3.98. The topological polar surface area (TPSA) is 51.8 Å². The standard InChI is InChI=1S/C59H39N3O/c1-3-16-49-43(4-2)48-36-42(33-34-52(48)59(49)50-25-11-8-21-44(50)45-22-9-12-26-51(45)59)41-20-14-19-40(35-41)37-29-31-39(32-30-37)57-60-56(38-17-6-5-7-18-38)61-58(62-57)47-24-15-28-54-55(47)46-23-10-13-27-53(46)63-54/h3-36H,2H2,1H3/b16-3-. The van der Waals surface area contributed by atoms with Gasteiger partial charge >= 0.3 is 0 Å². The van der Waals surface area contributed by atoms with Crippen molar-refractivity contribution < 1.29 is 4.42 Å². The largest absolute Gasteiger partial charge is 0.456 e. The molecule has 0 bridgehead atoms. The highest BCUT2D eigenvalue weighted by molar-refractivity contribution is 6.11. The van der Waals surface area contributed by atoms with E-state index in [-0.39, 0.29) is 0 Å². The van der Waals surface area contributed by atoms with Gasteiger partial charge in [-0.2, -0.15) is 0 Å². The molecule has 0 amide bonds. The molecule has 0 N–H and O–H groups in total. The molecule has 4 nitrogen and oxygen atoms in total. The van der Waals surface area contributed by atoms with Gasteiger partial charge in [-0.25, -0.2) is 15.0 Å². The van der Waals surface area contributed by atoms with Gasteiger partial charge in [0.25, 0.3) is 0 Å². The van der Waals surface area contributed by atoms with Crippen molar-refractivity contribution in [3.8, 4) is 67.5 Å². The Kier molecular flexibility index (Phi) is 8.41. The summed E-state index contributed by atoms with van der Waals surface area (Å²) in [4.78, 5) is 15.2. The van der Waals surface area contributed by atoms with Gasteiger partial charge in [-0.1, -0.05) is 189 Å². The van der Waals surface area contributed by atoms with Gasteiger partial charge in [0, 0.05) is 27.5 Å². The highest BCUT2D eigenvalue weighted by Gasteiger charge is 2.51. The number of benzene rings is 8. The Morgan fingerprint density at radius 1 is 0.444 bits per heavy atom. The maximum absolute atomic E-state index is 6.24. The highest BCUT2D eigenvalue weighted by Crippen LogP contribution is 2.62. The van der Waals surface area contributed by atoms with Crippen LogP contribution >= 0.6 is 0 Å². The summed E-state index contributed by atoms with van der Waals surface area (Å²) in [5.74, 6) is 1.82. The molecular weight excluding hydrogens is 767 g/mol. The average molecular weight is 806 g/mol. The van der Waals surface area contributed by atoms with Crippen LogP contribution in [0.2, 0.25) is 0 Å². The van der Waals surface area contributed by atoms with E-state index in [1.165, 1.54) is 44.5 Å². The van der Waals surface area contributed by atoms with E-state index >= 15 is 0 Å². The smallest absolute Gasteiger partial charge is 0.164 e. The predicted octanol–water partition coefficient (Wildman–Crippen LogP) is 15.0. The Labute approximate surface area is 365 Å². The molecule has 2 heterocycles. The second kappa shape index (κ2) is 14.5. The Morgan fingerprint density at radius 2 is 0.968 bits per heavy atom. The molecule has 12 rings (SSSR count). The molecule has 0 aliphatic heterocycles. The van der Waals surface area contributed by atoms with Crippen LogP contribution in [-0.2, 0) is 5.41 Å². The number of furan rings is 1. The maximum atomic E-state index is 6.24. The second-order valence-corrected chi connectivity index (χ2v) is 16.2. The number of aromatic nitrogens is 3. The van der Waals surface area contributed by atoms with E-state index < -0.39 is 5.41 Å². The van der Waals surface area contributed by atoms with Crippen LogP contribution in [0.1, 0.15) is 29.2 Å². The number of hydrogen-bond acceptors (Lipinski definition) is 4. The SMILES string of the molecule is C=CC1=C(/C=C\C)C2(c3ccc(-c4cccc(-c5ccc(-c6nc(-c7ccccc7)nc(-c7cccc8oc9ccccc9c78)n6)cc5)c4)cc31)c1ccccc1-c1ccccc12. The molecule has 0 fully saturated rings. The summed E-state index contributed by atoms with van der Waals surface area (Å²) in [5, 5.41) is 2.02. The van der Waals surface area contributed by atoms with Gasteiger partial charge in [0.2, 0.25) is 0 Å². The molecule has 1 spiro atoms. The molecule has 2 aromatic heterocycles. The van der Waals surface area contributed by atoms with E-state index in [0.717, 1.165) is 60.9 Å². The van der Waals surface area contributed by atoms with Crippen molar-refractivity contribution in [1.29, 1.82) is 0 Å². The lowest BCUT2D eigenvalue weighted by molar-refractivity contribution is 0.669. The third kappa shape index (κ3) is 5.58. The number of fused-ring (bicyclic) bond motifs is 10.